The van der Waals surface area contributed by atoms with Gasteiger partial charge in [-0.05, 0) is 91.2 Å². The SMILES string of the molecule is NCC1CCC(C(=O)N(C(=O)[C@@H](N)Cc2cccc(-c3cncc(N)c3)c2)c2ccc(-c3nn[nH]n3)cc2)CC1. The number of aromatic amines is 1. The van der Waals surface area contributed by atoms with Crippen LogP contribution in [-0.4, -0.2) is 50.0 Å². The molecule has 0 aliphatic heterocycles. The second-order valence-electron chi connectivity index (χ2n) is 10.3. The number of benzene rings is 2. The van der Waals surface area contributed by atoms with Gasteiger partial charge >= 0.3 is 0 Å². The van der Waals surface area contributed by atoms with Gasteiger partial charge in [0.2, 0.25) is 11.7 Å². The molecule has 0 unspecified atom stereocenters. The van der Waals surface area contributed by atoms with Crippen molar-refractivity contribution in [3.63, 3.8) is 0 Å². The standard InChI is InChI=1S/C29H33N9O2/c30-15-18-4-6-21(7-5-18)28(39)38(25-10-8-20(9-11-25)27-34-36-37-35-27)29(40)26(32)13-19-2-1-3-22(12-19)23-14-24(31)17-33-16-23/h1-3,8-12,14,16-18,21,26H,4-7,13,15,30-32H2,(H,34,35,36,37)/t18?,21?,26-/m0/s1. The molecule has 11 heteroatoms. The third kappa shape index (κ3) is 6.05. The molecule has 1 aliphatic carbocycles. The molecular formula is C29H33N9O2. The van der Waals surface area contributed by atoms with Crippen LogP contribution in [0.4, 0.5) is 11.4 Å². The predicted molar refractivity (Wildman–Crippen MR) is 152 cm³/mol. The molecule has 0 saturated heterocycles. The summed E-state index contributed by atoms with van der Waals surface area (Å²) in [4.78, 5) is 33.1. The van der Waals surface area contributed by atoms with Crippen LogP contribution in [0.5, 0.6) is 0 Å². The molecule has 11 nitrogen and oxygen atoms in total. The number of carbonyl (C=O) groups is 2. The highest BCUT2D eigenvalue weighted by atomic mass is 16.2. The van der Waals surface area contributed by atoms with Crippen LogP contribution in [0, 0.1) is 11.8 Å². The number of aromatic nitrogens is 5. The van der Waals surface area contributed by atoms with Crippen molar-refractivity contribution in [2.24, 2.45) is 23.3 Å². The smallest absolute Gasteiger partial charge is 0.251 e. The zero-order valence-electron chi connectivity index (χ0n) is 22.1. The van der Waals surface area contributed by atoms with Crippen molar-refractivity contribution in [2.75, 3.05) is 17.2 Å². The molecule has 2 aromatic carbocycles. The van der Waals surface area contributed by atoms with E-state index < -0.39 is 11.9 Å². The number of anilines is 2. The summed E-state index contributed by atoms with van der Waals surface area (Å²) < 4.78 is 0. The number of amides is 2. The molecule has 5 rings (SSSR count). The Kier molecular flexibility index (Phi) is 8.23. The Labute approximate surface area is 232 Å². The van der Waals surface area contributed by atoms with Gasteiger partial charge in [0.1, 0.15) is 0 Å². The van der Waals surface area contributed by atoms with Crippen LogP contribution in [0.3, 0.4) is 0 Å². The largest absolute Gasteiger partial charge is 0.397 e. The fourth-order valence-electron chi connectivity index (χ4n) is 5.23. The Bertz CT molecular complexity index is 1450. The van der Waals surface area contributed by atoms with E-state index in [9.17, 15) is 9.59 Å². The number of rotatable bonds is 8. The number of nitrogens with two attached hydrogens (primary N) is 3. The zero-order chi connectivity index (χ0) is 28.1. The molecule has 1 saturated carbocycles. The van der Waals surface area contributed by atoms with Crippen molar-refractivity contribution in [1.29, 1.82) is 0 Å². The van der Waals surface area contributed by atoms with Crippen LogP contribution >= 0.6 is 0 Å². The highest BCUT2D eigenvalue weighted by Crippen LogP contribution is 2.32. The summed E-state index contributed by atoms with van der Waals surface area (Å²) in [6, 6.07) is 15.6. The summed E-state index contributed by atoms with van der Waals surface area (Å²) in [7, 11) is 0. The number of imide groups is 1. The van der Waals surface area contributed by atoms with Gasteiger partial charge in [-0.15, -0.1) is 10.2 Å². The number of hydrogen-bond donors (Lipinski definition) is 4. The molecule has 2 aromatic heterocycles. The maximum atomic E-state index is 13.9. The Morgan fingerprint density at radius 2 is 1.75 bits per heavy atom. The van der Waals surface area contributed by atoms with Crippen LogP contribution < -0.4 is 22.1 Å². The van der Waals surface area contributed by atoms with Gasteiger partial charge in [0.05, 0.1) is 17.4 Å². The van der Waals surface area contributed by atoms with Gasteiger partial charge in [-0.1, -0.05) is 24.3 Å². The number of nitrogen functional groups attached to an aromatic ring is 1. The van der Waals surface area contributed by atoms with Gasteiger partial charge < -0.3 is 17.2 Å². The van der Waals surface area contributed by atoms with Gasteiger partial charge in [-0.3, -0.25) is 14.6 Å². The fourth-order valence-corrected chi connectivity index (χ4v) is 5.23. The minimum absolute atomic E-state index is 0.234. The van der Waals surface area contributed by atoms with E-state index in [-0.39, 0.29) is 18.2 Å². The highest BCUT2D eigenvalue weighted by Gasteiger charge is 2.35. The maximum absolute atomic E-state index is 13.9. The van der Waals surface area contributed by atoms with E-state index in [1.165, 1.54) is 4.90 Å². The average molecular weight is 540 g/mol. The van der Waals surface area contributed by atoms with Gasteiger partial charge in [-0.25, -0.2) is 4.90 Å². The Morgan fingerprint density at radius 3 is 2.42 bits per heavy atom. The fraction of sp³-hybridized carbons (Fsp3) is 0.310. The average Bonchev–Trinajstić information content (AvgIpc) is 3.53. The van der Waals surface area contributed by atoms with E-state index >= 15 is 0 Å². The normalized spacial score (nSPS) is 17.8. The molecule has 40 heavy (non-hydrogen) atoms. The van der Waals surface area contributed by atoms with Crippen LogP contribution in [0.1, 0.15) is 31.2 Å². The predicted octanol–water partition coefficient (Wildman–Crippen LogP) is 2.71. The highest BCUT2D eigenvalue weighted by molar-refractivity contribution is 6.17. The lowest BCUT2D eigenvalue weighted by atomic mass is 9.81. The molecule has 1 atom stereocenters. The molecule has 4 aromatic rings. The number of hydrogen-bond acceptors (Lipinski definition) is 9. The minimum atomic E-state index is -0.935. The van der Waals surface area contributed by atoms with E-state index in [1.54, 1.807) is 36.7 Å². The lowest BCUT2D eigenvalue weighted by molar-refractivity contribution is -0.130. The molecule has 7 N–H and O–H groups in total. The summed E-state index contributed by atoms with van der Waals surface area (Å²) >= 11 is 0. The molecule has 0 radical (unpaired) electrons. The van der Waals surface area contributed by atoms with Gasteiger partial charge in [0.15, 0.2) is 0 Å². The van der Waals surface area contributed by atoms with Crippen molar-refractivity contribution >= 4 is 23.2 Å². The van der Waals surface area contributed by atoms with Crippen molar-refractivity contribution in [2.45, 2.75) is 38.1 Å². The quantitative estimate of drug-likeness (QED) is 0.261. The Morgan fingerprint density at radius 1 is 0.975 bits per heavy atom. The third-order valence-electron chi connectivity index (χ3n) is 7.49. The monoisotopic (exact) mass is 539 g/mol. The van der Waals surface area contributed by atoms with E-state index in [0.717, 1.165) is 29.5 Å². The van der Waals surface area contributed by atoms with E-state index in [4.69, 9.17) is 17.2 Å². The van der Waals surface area contributed by atoms with Gasteiger partial charge in [0, 0.05) is 29.4 Å². The van der Waals surface area contributed by atoms with Crippen LogP contribution in [0.15, 0.2) is 67.0 Å². The number of H-pyrrole nitrogens is 1. The van der Waals surface area contributed by atoms with E-state index in [2.05, 4.69) is 25.6 Å². The summed E-state index contributed by atoms with van der Waals surface area (Å²) in [6.07, 6.45) is 6.69. The first-order valence-electron chi connectivity index (χ1n) is 13.4. The molecule has 1 aliphatic rings. The van der Waals surface area contributed by atoms with Gasteiger partial charge in [-0.2, -0.15) is 5.21 Å². The molecule has 2 heterocycles. The zero-order valence-corrected chi connectivity index (χ0v) is 22.1. The first-order chi connectivity index (χ1) is 19.4. The lowest BCUT2D eigenvalue weighted by Gasteiger charge is -2.32. The number of nitrogens with one attached hydrogen (secondary N) is 1. The first kappa shape index (κ1) is 27.1. The number of pyridine rings is 1. The number of carbonyl (C=O) groups excluding carboxylic acids is 2. The topological polar surface area (TPSA) is 183 Å². The van der Waals surface area contributed by atoms with Crippen molar-refractivity contribution in [3.8, 4) is 22.5 Å². The van der Waals surface area contributed by atoms with Crippen LogP contribution in [-0.2, 0) is 16.0 Å². The first-order valence-corrected chi connectivity index (χ1v) is 13.4. The second kappa shape index (κ2) is 12.1. The van der Waals surface area contributed by atoms with Crippen molar-refractivity contribution < 1.29 is 9.59 Å². The summed E-state index contributed by atoms with van der Waals surface area (Å²) in [5.74, 6) is -0.123. The molecule has 0 spiro atoms. The minimum Gasteiger partial charge on any atom is -0.397 e. The number of tetrazole rings is 1. The van der Waals surface area contributed by atoms with E-state index in [1.807, 2.05) is 30.3 Å². The Hall–Kier alpha value is -4.48. The lowest BCUT2D eigenvalue weighted by Crippen LogP contribution is -2.50. The number of nitrogens with zero attached hydrogens (tertiary/aromatic N) is 5. The molecule has 206 valence electrons. The van der Waals surface area contributed by atoms with Gasteiger partial charge in [0.25, 0.3) is 5.91 Å². The molecule has 0 bridgehead atoms. The third-order valence-corrected chi connectivity index (χ3v) is 7.49. The van der Waals surface area contributed by atoms with Crippen LogP contribution in [0.25, 0.3) is 22.5 Å². The molecule has 2 amide bonds. The summed E-state index contributed by atoms with van der Waals surface area (Å²) in [5.41, 5.74) is 22.6. The maximum Gasteiger partial charge on any atom is 0.251 e. The van der Waals surface area contributed by atoms with Crippen molar-refractivity contribution in [1.82, 2.24) is 25.6 Å². The van der Waals surface area contributed by atoms with Crippen LogP contribution in [0.2, 0.25) is 0 Å². The summed E-state index contributed by atoms with van der Waals surface area (Å²) in [5, 5.41) is 14.0. The molecular weight excluding hydrogens is 506 g/mol. The molecule has 1 fully saturated rings. The summed E-state index contributed by atoms with van der Waals surface area (Å²) in [6.45, 7) is 0.608. The van der Waals surface area contributed by atoms with Crippen molar-refractivity contribution in [3.05, 3.63) is 72.6 Å². The second-order valence-corrected chi connectivity index (χ2v) is 10.3. The Balaban J connectivity index is 1.39. The van der Waals surface area contributed by atoms with E-state index in [0.29, 0.717) is 48.1 Å².